The largest absolute Gasteiger partial charge is 0.0622 e. The lowest BCUT2D eigenvalue weighted by Gasteiger charge is -2.39. The van der Waals surface area contributed by atoms with E-state index in [2.05, 4.69) is 111 Å². The van der Waals surface area contributed by atoms with Crippen LogP contribution in [0.3, 0.4) is 0 Å². The van der Waals surface area contributed by atoms with Crippen molar-refractivity contribution in [1.29, 1.82) is 0 Å². The molecule has 4 aromatic rings. The maximum atomic E-state index is 2.55. The highest BCUT2D eigenvalue weighted by Crippen LogP contribution is 2.72. The van der Waals surface area contributed by atoms with E-state index in [1.807, 2.05) is 0 Å². The monoisotopic (exact) mass is 562 g/mol. The van der Waals surface area contributed by atoms with Crippen LogP contribution in [0.25, 0.3) is 11.1 Å². The predicted molar refractivity (Wildman–Crippen MR) is 180 cm³/mol. The molecule has 0 amide bonds. The van der Waals surface area contributed by atoms with Crippen LogP contribution in [0, 0.1) is 13.8 Å². The molecule has 2 saturated carbocycles. The number of rotatable bonds is 7. The molecule has 2 heteroatoms. The Morgan fingerprint density at radius 1 is 0.525 bits per heavy atom. The van der Waals surface area contributed by atoms with Crippen LogP contribution < -0.4 is 15.9 Å². The molecule has 206 valence electrons. The molecule has 2 aliphatic rings. The lowest BCUT2D eigenvalue weighted by molar-refractivity contribution is 0.443. The van der Waals surface area contributed by atoms with Crippen molar-refractivity contribution >= 4 is 31.1 Å². The van der Waals surface area contributed by atoms with Crippen molar-refractivity contribution in [3.05, 3.63) is 114 Å². The van der Waals surface area contributed by atoms with Crippen molar-refractivity contribution in [2.75, 3.05) is 0 Å². The summed E-state index contributed by atoms with van der Waals surface area (Å²) in [5, 5.41) is 4.77. The van der Waals surface area contributed by atoms with Gasteiger partial charge in [0.25, 0.3) is 0 Å². The van der Waals surface area contributed by atoms with Crippen molar-refractivity contribution in [2.45, 2.75) is 89.6 Å². The van der Waals surface area contributed by atoms with Gasteiger partial charge in [0.15, 0.2) is 0 Å². The summed E-state index contributed by atoms with van der Waals surface area (Å²) in [5.74, 6) is 0.759. The summed E-state index contributed by atoms with van der Waals surface area (Å²) in [6.45, 7) is 4.63. The zero-order chi connectivity index (χ0) is 27.3. The molecule has 2 unspecified atom stereocenters. The molecule has 0 saturated heterocycles. The summed E-state index contributed by atoms with van der Waals surface area (Å²) in [6, 6.07) is 38.0. The van der Waals surface area contributed by atoms with Crippen molar-refractivity contribution < 1.29 is 0 Å². The fourth-order valence-electron chi connectivity index (χ4n) is 7.13. The highest BCUT2D eigenvalue weighted by Gasteiger charge is 2.35. The first-order valence-corrected chi connectivity index (χ1v) is 19.1. The third-order valence-electron chi connectivity index (χ3n) is 9.26. The third-order valence-corrected chi connectivity index (χ3v) is 17.6. The van der Waals surface area contributed by atoms with Gasteiger partial charge in [-0.25, -0.2) is 0 Å². The van der Waals surface area contributed by atoms with Crippen LogP contribution in [-0.4, -0.2) is 5.66 Å². The Morgan fingerprint density at radius 3 is 1.82 bits per heavy atom. The fraction of sp³-hybridized carbons (Fsp3) is 0.368. The van der Waals surface area contributed by atoms with Gasteiger partial charge in [0.2, 0.25) is 0 Å². The van der Waals surface area contributed by atoms with Gasteiger partial charge < -0.3 is 0 Å². The normalized spacial score (nSPS) is 18.4. The lowest BCUT2D eigenvalue weighted by atomic mass is 9.84. The molecule has 2 fully saturated rings. The van der Waals surface area contributed by atoms with E-state index < -0.39 is 15.2 Å². The molecule has 0 aromatic heterocycles. The molecule has 4 aromatic carbocycles. The molecule has 0 aliphatic heterocycles. The van der Waals surface area contributed by atoms with Gasteiger partial charge in [0.05, 0.1) is 0 Å². The molecule has 0 bridgehead atoms. The molecule has 0 heterocycles. The Bertz CT molecular complexity index is 1380. The number of hydrogen-bond acceptors (Lipinski definition) is 0. The summed E-state index contributed by atoms with van der Waals surface area (Å²) in [5.41, 5.74) is 8.10. The molecule has 0 N–H and O–H groups in total. The highest BCUT2D eigenvalue weighted by atomic mass is 32.1. The van der Waals surface area contributed by atoms with E-state index in [1.165, 1.54) is 86.5 Å². The fourth-order valence-corrected chi connectivity index (χ4v) is 16.5. The Balaban J connectivity index is 1.52. The first-order valence-electron chi connectivity index (χ1n) is 15.6. The van der Waals surface area contributed by atoms with E-state index in [-0.39, 0.29) is 0 Å². The predicted octanol–water partition coefficient (Wildman–Crippen LogP) is 10.5. The standard InChI is InChI=1S/C38H44P2/c1-29-15-12-13-23-36(29)38-30(2)16-14-24-37(38)40(34-21-10-5-11-22-34)39(33-19-8-4-9-20-33)35-27-25-32(26-28-35)31-17-6-3-7-18-31/h4,8-9,12-16,19-20,23-28,31,34H,3,5-7,10-11,17-18,21-22H2,1-2H3. The topological polar surface area (TPSA) is 0 Å². The molecular formula is C38H44P2. The van der Waals surface area contributed by atoms with Crippen molar-refractivity contribution in [3.8, 4) is 11.1 Å². The van der Waals surface area contributed by atoms with Gasteiger partial charge in [-0.2, -0.15) is 0 Å². The molecule has 0 spiro atoms. The average molecular weight is 563 g/mol. The van der Waals surface area contributed by atoms with Crippen LogP contribution in [0.15, 0.2) is 97.1 Å². The minimum Gasteiger partial charge on any atom is -0.0622 e. The first-order chi connectivity index (χ1) is 19.7. The maximum absolute atomic E-state index is 2.55. The van der Waals surface area contributed by atoms with Gasteiger partial charge in [-0.3, -0.25) is 0 Å². The molecule has 2 atom stereocenters. The Hall–Kier alpha value is -2.26. The molecule has 2 aliphatic carbocycles. The SMILES string of the molecule is Cc1ccccc1-c1c(C)cccc1P(C1CCCCC1)P(c1ccccc1)c1ccc(C2CCCCC2)cc1. The summed E-state index contributed by atoms with van der Waals surface area (Å²) in [4.78, 5) is 0. The Labute approximate surface area is 245 Å². The van der Waals surface area contributed by atoms with Crippen molar-refractivity contribution in [1.82, 2.24) is 0 Å². The van der Waals surface area contributed by atoms with Gasteiger partial charge in [-0.1, -0.05) is 136 Å². The lowest BCUT2D eigenvalue weighted by Crippen LogP contribution is -2.24. The van der Waals surface area contributed by atoms with Crippen LogP contribution in [0.5, 0.6) is 0 Å². The number of aryl methyl sites for hydroxylation is 2. The molecular weight excluding hydrogens is 518 g/mol. The average Bonchev–Trinajstić information content (AvgIpc) is 3.02. The highest BCUT2D eigenvalue weighted by molar-refractivity contribution is 8.39. The van der Waals surface area contributed by atoms with Crippen LogP contribution in [0.4, 0.5) is 0 Å². The molecule has 0 radical (unpaired) electrons. The second-order valence-corrected chi connectivity index (χ2v) is 18.0. The van der Waals surface area contributed by atoms with Crippen molar-refractivity contribution in [2.24, 2.45) is 0 Å². The van der Waals surface area contributed by atoms with Crippen molar-refractivity contribution in [3.63, 3.8) is 0 Å². The van der Waals surface area contributed by atoms with Gasteiger partial charge in [0, 0.05) is 0 Å². The molecule has 40 heavy (non-hydrogen) atoms. The van der Waals surface area contributed by atoms with E-state index >= 15 is 0 Å². The minimum atomic E-state index is -0.507. The van der Waals surface area contributed by atoms with Gasteiger partial charge in [-0.15, -0.1) is 0 Å². The summed E-state index contributed by atoms with van der Waals surface area (Å²) >= 11 is 0. The second kappa shape index (κ2) is 13.1. The van der Waals surface area contributed by atoms with E-state index in [4.69, 9.17) is 0 Å². The number of benzene rings is 4. The Kier molecular flexibility index (Phi) is 9.17. The van der Waals surface area contributed by atoms with Crippen LogP contribution >= 0.6 is 15.2 Å². The summed E-state index contributed by atoms with van der Waals surface area (Å²) in [7, 11) is -0.929. The van der Waals surface area contributed by atoms with Crippen LogP contribution in [-0.2, 0) is 0 Å². The van der Waals surface area contributed by atoms with Gasteiger partial charge in [0.1, 0.15) is 0 Å². The summed E-state index contributed by atoms with van der Waals surface area (Å²) in [6.07, 6.45) is 13.8. The zero-order valence-corrected chi connectivity index (χ0v) is 26.1. The van der Waals surface area contributed by atoms with Gasteiger partial charge >= 0.3 is 0 Å². The molecule has 0 nitrogen and oxygen atoms in total. The molecule has 6 rings (SSSR count). The van der Waals surface area contributed by atoms with E-state index in [0.717, 1.165) is 11.6 Å². The minimum absolute atomic E-state index is 0.422. The Morgan fingerprint density at radius 2 is 1.12 bits per heavy atom. The first kappa shape index (κ1) is 27.9. The maximum Gasteiger partial charge on any atom is -0.00712 e. The summed E-state index contributed by atoms with van der Waals surface area (Å²) < 4.78 is 0. The van der Waals surface area contributed by atoms with E-state index in [9.17, 15) is 0 Å². The van der Waals surface area contributed by atoms with E-state index in [1.54, 1.807) is 21.5 Å². The zero-order valence-electron chi connectivity index (χ0n) is 24.4. The van der Waals surface area contributed by atoms with Gasteiger partial charge in [-0.05, 0) is 110 Å². The van der Waals surface area contributed by atoms with Crippen LogP contribution in [0.2, 0.25) is 0 Å². The quantitative estimate of drug-likeness (QED) is 0.197. The van der Waals surface area contributed by atoms with E-state index in [0.29, 0.717) is 0 Å². The number of hydrogen-bond donors (Lipinski definition) is 0. The third kappa shape index (κ3) is 6.01. The second-order valence-electron chi connectivity index (χ2n) is 12.0. The smallest absolute Gasteiger partial charge is 0.00712 e. The van der Waals surface area contributed by atoms with Crippen LogP contribution in [0.1, 0.15) is 86.8 Å².